The Morgan fingerprint density at radius 3 is 2.33 bits per heavy atom. The van der Waals surface area contributed by atoms with Gasteiger partial charge in [0.05, 0.1) is 0 Å². The van der Waals surface area contributed by atoms with E-state index in [-0.39, 0.29) is 11.7 Å². The minimum atomic E-state index is -0.852. The van der Waals surface area contributed by atoms with E-state index in [9.17, 15) is 9.59 Å². The number of rotatable bonds is 2. The molecule has 1 aliphatic rings. The molecule has 0 aromatic heterocycles. The maximum atomic E-state index is 11.4. The number of hydrogen-bond donors (Lipinski definition) is 1. The van der Waals surface area contributed by atoms with Crippen LogP contribution in [0.3, 0.4) is 0 Å². The second-order valence-electron chi connectivity index (χ2n) is 2.88. The molecule has 1 aliphatic heterocycles. The van der Waals surface area contributed by atoms with Gasteiger partial charge in [0, 0.05) is 12.3 Å². The van der Waals surface area contributed by atoms with Crippen molar-refractivity contribution in [3.8, 4) is 0 Å². The number of carbonyl (C=O) groups excluding carboxylic acids is 2. The van der Waals surface area contributed by atoms with Gasteiger partial charge in [0.2, 0.25) is 5.91 Å². The van der Waals surface area contributed by atoms with E-state index < -0.39 is 5.41 Å². The molecule has 1 heterocycles. The number of ketones is 1. The largest absolute Gasteiger partial charge is 0.331 e. The molecule has 1 radical (unpaired) electrons. The zero-order chi connectivity index (χ0) is 9.19. The lowest BCUT2D eigenvalue weighted by molar-refractivity contribution is -0.141. The highest BCUT2D eigenvalue weighted by molar-refractivity contribution is 6.11. The van der Waals surface area contributed by atoms with Crippen molar-refractivity contribution in [1.82, 2.24) is 5.32 Å². The Morgan fingerprint density at radius 2 is 2.00 bits per heavy atom. The van der Waals surface area contributed by atoms with Crippen LogP contribution >= 0.6 is 0 Å². The van der Waals surface area contributed by atoms with Crippen molar-refractivity contribution < 1.29 is 9.59 Å². The first-order valence-corrected chi connectivity index (χ1v) is 4.11. The maximum absolute atomic E-state index is 11.4. The third-order valence-corrected chi connectivity index (χ3v) is 2.48. The number of nitrogens with one attached hydrogen (secondary N) is 1. The molecule has 3 heteroatoms. The van der Waals surface area contributed by atoms with Crippen LogP contribution in [0.4, 0.5) is 0 Å². The van der Waals surface area contributed by atoms with Crippen LogP contribution < -0.4 is 5.32 Å². The van der Waals surface area contributed by atoms with Gasteiger partial charge in [-0.15, -0.1) is 0 Å². The van der Waals surface area contributed by atoms with E-state index >= 15 is 0 Å². The van der Waals surface area contributed by atoms with Crippen LogP contribution in [0.15, 0.2) is 6.20 Å². The van der Waals surface area contributed by atoms with Crippen molar-refractivity contribution in [2.45, 2.75) is 26.7 Å². The highest BCUT2D eigenvalue weighted by Gasteiger charge is 2.42. The first-order chi connectivity index (χ1) is 5.67. The van der Waals surface area contributed by atoms with E-state index in [4.69, 9.17) is 0 Å². The van der Waals surface area contributed by atoms with Crippen LogP contribution in [-0.2, 0) is 9.59 Å². The molecule has 0 unspecified atom stereocenters. The molecule has 1 rings (SSSR count). The van der Waals surface area contributed by atoms with Gasteiger partial charge in [-0.1, -0.05) is 13.8 Å². The van der Waals surface area contributed by atoms with E-state index in [2.05, 4.69) is 11.4 Å². The van der Waals surface area contributed by atoms with Crippen molar-refractivity contribution in [3.05, 3.63) is 12.3 Å². The Morgan fingerprint density at radius 1 is 1.42 bits per heavy atom. The molecule has 0 aliphatic carbocycles. The molecule has 0 spiro atoms. The van der Waals surface area contributed by atoms with Gasteiger partial charge in [-0.2, -0.15) is 0 Å². The third-order valence-electron chi connectivity index (χ3n) is 2.48. The normalized spacial score (nSPS) is 20.8. The van der Waals surface area contributed by atoms with Crippen LogP contribution in [-0.4, -0.2) is 11.7 Å². The molecule has 0 fully saturated rings. The quantitative estimate of drug-likeness (QED) is 0.617. The standard InChI is InChI=1S/C9H12NO2/c1-3-9(4-2)7(11)5-6-10-8(9)12/h6H,3-4H2,1-2H3,(H,10,12). The summed E-state index contributed by atoms with van der Waals surface area (Å²) >= 11 is 0. The predicted molar refractivity (Wildman–Crippen MR) is 44.0 cm³/mol. The summed E-state index contributed by atoms with van der Waals surface area (Å²) in [5.74, 6) is -0.396. The molecule has 0 bridgehead atoms. The van der Waals surface area contributed by atoms with Gasteiger partial charge in [0.15, 0.2) is 5.78 Å². The van der Waals surface area contributed by atoms with E-state index in [1.165, 1.54) is 6.20 Å². The molecular weight excluding hydrogens is 154 g/mol. The summed E-state index contributed by atoms with van der Waals surface area (Å²) < 4.78 is 0. The summed E-state index contributed by atoms with van der Waals surface area (Å²) in [5.41, 5.74) is -0.852. The molecule has 1 N–H and O–H groups in total. The smallest absolute Gasteiger partial charge is 0.237 e. The van der Waals surface area contributed by atoms with E-state index in [1.54, 1.807) is 0 Å². The number of hydrogen-bond acceptors (Lipinski definition) is 2. The van der Waals surface area contributed by atoms with Crippen LogP contribution in [0.1, 0.15) is 26.7 Å². The maximum Gasteiger partial charge on any atom is 0.237 e. The summed E-state index contributed by atoms with van der Waals surface area (Å²) in [6, 6.07) is 0. The number of carbonyl (C=O) groups is 2. The van der Waals surface area contributed by atoms with E-state index in [0.717, 1.165) is 0 Å². The average molecular weight is 166 g/mol. The monoisotopic (exact) mass is 166 g/mol. The summed E-state index contributed by atoms with van der Waals surface area (Å²) in [4.78, 5) is 22.8. The summed E-state index contributed by atoms with van der Waals surface area (Å²) in [7, 11) is 0. The second-order valence-corrected chi connectivity index (χ2v) is 2.88. The summed E-state index contributed by atoms with van der Waals surface area (Å²) in [6.45, 7) is 3.68. The van der Waals surface area contributed by atoms with E-state index in [1.807, 2.05) is 13.8 Å². The SMILES string of the molecule is CCC1(CC)C(=O)[C]=CNC1=O. The fourth-order valence-corrected chi connectivity index (χ4v) is 1.44. The Bertz CT molecular complexity index is 239. The van der Waals surface area contributed by atoms with Gasteiger partial charge in [-0.3, -0.25) is 9.59 Å². The molecule has 0 saturated heterocycles. The fraction of sp³-hybridized carbons (Fsp3) is 0.556. The van der Waals surface area contributed by atoms with Crippen LogP contribution in [0.5, 0.6) is 0 Å². The van der Waals surface area contributed by atoms with Gasteiger partial charge in [-0.25, -0.2) is 0 Å². The highest BCUT2D eigenvalue weighted by Crippen LogP contribution is 2.29. The van der Waals surface area contributed by atoms with Crippen molar-refractivity contribution in [2.24, 2.45) is 5.41 Å². The second kappa shape index (κ2) is 3.09. The lowest BCUT2D eigenvalue weighted by Gasteiger charge is -2.28. The van der Waals surface area contributed by atoms with Gasteiger partial charge >= 0.3 is 0 Å². The first-order valence-electron chi connectivity index (χ1n) is 4.11. The lowest BCUT2D eigenvalue weighted by atomic mass is 9.76. The average Bonchev–Trinajstić information content (AvgIpc) is 2.06. The minimum Gasteiger partial charge on any atom is -0.331 e. The van der Waals surface area contributed by atoms with Gasteiger partial charge in [0.1, 0.15) is 5.41 Å². The minimum absolute atomic E-state index is 0.198. The zero-order valence-electron chi connectivity index (χ0n) is 7.31. The molecule has 0 atom stereocenters. The summed E-state index contributed by atoms with van der Waals surface area (Å²) in [6.07, 6.45) is 4.87. The number of Topliss-reactive ketones (excluding diaryl/α,β-unsaturated/α-hetero) is 1. The third kappa shape index (κ3) is 1.05. The van der Waals surface area contributed by atoms with Crippen LogP contribution in [0.25, 0.3) is 0 Å². The Hall–Kier alpha value is -1.12. The predicted octanol–water partition coefficient (Wildman–Crippen LogP) is 0.809. The molecule has 3 nitrogen and oxygen atoms in total. The Balaban J connectivity index is 3.05. The highest BCUT2D eigenvalue weighted by atomic mass is 16.2. The molecule has 65 valence electrons. The molecule has 1 amide bonds. The topological polar surface area (TPSA) is 46.2 Å². The van der Waals surface area contributed by atoms with Crippen molar-refractivity contribution in [3.63, 3.8) is 0 Å². The van der Waals surface area contributed by atoms with Crippen molar-refractivity contribution in [1.29, 1.82) is 0 Å². The molecular formula is C9H12NO2. The van der Waals surface area contributed by atoms with E-state index in [0.29, 0.717) is 12.8 Å². The van der Waals surface area contributed by atoms with Crippen LogP contribution in [0.2, 0.25) is 0 Å². The lowest BCUT2D eigenvalue weighted by Crippen LogP contribution is -2.46. The van der Waals surface area contributed by atoms with Crippen LogP contribution in [0, 0.1) is 11.5 Å². The van der Waals surface area contributed by atoms with Gasteiger partial charge in [0.25, 0.3) is 0 Å². The molecule has 0 aromatic rings. The molecule has 12 heavy (non-hydrogen) atoms. The molecule has 0 saturated carbocycles. The number of amides is 1. The van der Waals surface area contributed by atoms with Gasteiger partial charge in [-0.05, 0) is 12.8 Å². The van der Waals surface area contributed by atoms with Crippen molar-refractivity contribution in [2.75, 3.05) is 0 Å². The Kier molecular flexibility index (Phi) is 2.31. The summed E-state index contributed by atoms with van der Waals surface area (Å²) in [5, 5.41) is 2.51. The zero-order valence-corrected chi connectivity index (χ0v) is 7.31. The number of allylic oxidation sites excluding steroid dienone is 1. The van der Waals surface area contributed by atoms with Crippen molar-refractivity contribution >= 4 is 11.7 Å². The fourth-order valence-electron chi connectivity index (χ4n) is 1.44. The Labute approximate surface area is 71.8 Å². The first kappa shape index (κ1) is 8.97. The van der Waals surface area contributed by atoms with Gasteiger partial charge < -0.3 is 5.32 Å². The molecule has 0 aromatic carbocycles.